The summed E-state index contributed by atoms with van der Waals surface area (Å²) in [6.07, 6.45) is 0. The summed E-state index contributed by atoms with van der Waals surface area (Å²) in [4.78, 5) is 25.5. The molecule has 0 radical (unpaired) electrons. The lowest BCUT2D eigenvalue weighted by atomic mass is 10.2. The topological polar surface area (TPSA) is 40.6 Å². The summed E-state index contributed by atoms with van der Waals surface area (Å²) in [5, 5.41) is 0. The first-order chi connectivity index (χ1) is 6.34. The van der Waals surface area contributed by atoms with Crippen molar-refractivity contribution in [2.24, 2.45) is 5.92 Å². The SMILES string of the molecule is CC(=O)N(C)CC(=O)N(C)CC(C)C. The number of carbonyl (C=O) groups excluding carboxylic acids is 2. The van der Waals surface area contributed by atoms with Gasteiger partial charge in [-0.1, -0.05) is 13.8 Å². The van der Waals surface area contributed by atoms with Gasteiger partial charge in [-0.15, -0.1) is 0 Å². The van der Waals surface area contributed by atoms with Crippen LogP contribution >= 0.6 is 0 Å². The lowest BCUT2D eigenvalue weighted by molar-refractivity contribution is -0.137. The van der Waals surface area contributed by atoms with Gasteiger partial charge in [-0.2, -0.15) is 0 Å². The molecular formula is C10H20N2O2. The second-order valence-electron chi connectivity index (χ2n) is 4.04. The van der Waals surface area contributed by atoms with Gasteiger partial charge in [0.15, 0.2) is 0 Å². The molecule has 0 atom stereocenters. The van der Waals surface area contributed by atoms with E-state index in [2.05, 4.69) is 13.8 Å². The first-order valence-corrected chi connectivity index (χ1v) is 4.80. The van der Waals surface area contributed by atoms with Crippen LogP contribution in [-0.4, -0.2) is 48.8 Å². The molecule has 4 heteroatoms. The van der Waals surface area contributed by atoms with Crippen molar-refractivity contribution in [2.45, 2.75) is 20.8 Å². The zero-order valence-electron chi connectivity index (χ0n) is 9.70. The largest absolute Gasteiger partial charge is 0.344 e. The Balaban J connectivity index is 4.01. The van der Waals surface area contributed by atoms with E-state index < -0.39 is 0 Å². The first kappa shape index (κ1) is 12.9. The lowest BCUT2D eigenvalue weighted by Gasteiger charge is -2.22. The zero-order valence-corrected chi connectivity index (χ0v) is 9.70. The molecule has 0 unspecified atom stereocenters. The maximum atomic E-state index is 11.5. The van der Waals surface area contributed by atoms with Gasteiger partial charge < -0.3 is 9.80 Å². The van der Waals surface area contributed by atoms with Crippen molar-refractivity contribution in [3.8, 4) is 0 Å². The van der Waals surface area contributed by atoms with E-state index >= 15 is 0 Å². The van der Waals surface area contributed by atoms with Crippen LogP contribution in [0.2, 0.25) is 0 Å². The Hall–Kier alpha value is -1.06. The normalized spacial score (nSPS) is 10.1. The minimum Gasteiger partial charge on any atom is -0.344 e. The van der Waals surface area contributed by atoms with Crippen LogP contribution < -0.4 is 0 Å². The molecule has 0 aliphatic carbocycles. The van der Waals surface area contributed by atoms with Gasteiger partial charge in [0.05, 0.1) is 6.54 Å². The van der Waals surface area contributed by atoms with Crippen molar-refractivity contribution in [3.05, 3.63) is 0 Å². The van der Waals surface area contributed by atoms with E-state index in [0.717, 1.165) is 6.54 Å². The van der Waals surface area contributed by atoms with E-state index in [1.807, 2.05) is 0 Å². The molecule has 82 valence electrons. The molecule has 2 amide bonds. The van der Waals surface area contributed by atoms with Gasteiger partial charge in [-0.25, -0.2) is 0 Å². The monoisotopic (exact) mass is 200 g/mol. The average Bonchev–Trinajstić information content (AvgIpc) is 2.02. The van der Waals surface area contributed by atoms with Crippen molar-refractivity contribution in [1.82, 2.24) is 9.80 Å². The Morgan fingerprint density at radius 3 is 2.00 bits per heavy atom. The summed E-state index contributed by atoms with van der Waals surface area (Å²) >= 11 is 0. The predicted molar refractivity (Wildman–Crippen MR) is 55.8 cm³/mol. The fourth-order valence-corrected chi connectivity index (χ4v) is 1.08. The number of hydrogen-bond donors (Lipinski definition) is 0. The molecule has 0 heterocycles. The minimum absolute atomic E-state index is 0.0172. The number of carbonyl (C=O) groups is 2. The molecule has 0 saturated carbocycles. The summed E-state index contributed by atoms with van der Waals surface area (Å²) in [6.45, 7) is 6.45. The third kappa shape index (κ3) is 4.84. The second kappa shape index (κ2) is 5.62. The smallest absolute Gasteiger partial charge is 0.241 e. The molecule has 0 aromatic rings. The van der Waals surface area contributed by atoms with Crippen molar-refractivity contribution < 1.29 is 9.59 Å². The highest BCUT2D eigenvalue weighted by molar-refractivity contribution is 5.83. The maximum Gasteiger partial charge on any atom is 0.241 e. The Kier molecular flexibility index (Phi) is 5.20. The Morgan fingerprint density at radius 2 is 1.64 bits per heavy atom. The third-order valence-electron chi connectivity index (χ3n) is 1.97. The van der Waals surface area contributed by atoms with E-state index in [1.54, 1.807) is 19.0 Å². The zero-order chi connectivity index (χ0) is 11.3. The van der Waals surface area contributed by atoms with Crippen LogP contribution in [0.1, 0.15) is 20.8 Å². The van der Waals surface area contributed by atoms with E-state index in [1.165, 1.54) is 11.8 Å². The van der Waals surface area contributed by atoms with E-state index in [-0.39, 0.29) is 18.4 Å². The van der Waals surface area contributed by atoms with Gasteiger partial charge in [-0.3, -0.25) is 9.59 Å². The summed E-state index contributed by atoms with van der Waals surface area (Å²) in [5.74, 6) is 0.347. The standard InChI is InChI=1S/C10H20N2O2/c1-8(2)6-12(5)10(14)7-11(4)9(3)13/h8H,6-7H2,1-5H3. The van der Waals surface area contributed by atoms with Crippen LogP contribution in [0.4, 0.5) is 0 Å². The Bertz CT molecular complexity index is 214. The van der Waals surface area contributed by atoms with E-state index in [4.69, 9.17) is 0 Å². The van der Waals surface area contributed by atoms with E-state index in [9.17, 15) is 9.59 Å². The van der Waals surface area contributed by atoms with Crippen LogP contribution in [0.5, 0.6) is 0 Å². The van der Waals surface area contributed by atoms with Crippen molar-refractivity contribution in [1.29, 1.82) is 0 Å². The molecule has 0 N–H and O–H groups in total. The Morgan fingerprint density at radius 1 is 1.14 bits per heavy atom. The molecule has 14 heavy (non-hydrogen) atoms. The Labute approximate surface area is 85.9 Å². The molecule has 0 aromatic carbocycles. The quantitative estimate of drug-likeness (QED) is 0.666. The highest BCUT2D eigenvalue weighted by Crippen LogP contribution is 1.97. The number of nitrogens with zero attached hydrogens (tertiary/aromatic N) is 2. The lowest BCUT2D eigenvalue weighted by Crippen LogP contribution is -2.39. The molecule has 0 rings (SSSR count). The van der Waals surface area contributed by atoms with Gasteiger partial charge in [0.1, 0.15) is 0 Å². The molecule has 4 nitrogen and oxygen atoms in total. The van der Waals surface area contributed by atoms with Gasteiger partial charge in [0.25, 0.3) is 0 Å². The highest BCUT2D eigenvalue weighted by atomic mass is 16.2. The number of amides is 2. The van der Waals surface area contributed by atoms with Crippen LogP contribution in [0.3, 0.4) is 0 Å². The van der Waals surface area contributed by atoms with Crippen LogP contribution in [0, 0.1) is 5.92 Å². The van der Waals surface area contributed by atoms with Crippen molar-refractivity contribution >= 4 is 11.8 Å². The first-order valence-electron chi connectivity index (χ1n) is 4.80. The van der Waals surface area contributed by atoms with Crippen LogP contribution in [-0.2, 0) is 9.59 Å². The molecule has 0 aromatic heterocycles. The second-order valence-corrected chi connectivity index (χ2v) is 4.04. The van der Waals surface area contributed by atoms with Crippen molar-refractivity contribution in [3.63, 3.8) is 0 Å². The number of hydrogen-bond acceptors (Lipinski definition) is 2. The van der Waals surface area contributed by atoms with Gasteiger partial charge in [0.2, 0.25) is 11.8 Å². The molecule has 0 aliphatic heterocycles. The third-order valence-corrected chi connectivity index (χ3v) is 1.97. The summed E-state index contributed by atoms with van der Waals surface area (Å²) in [7, 11) is 3.39. The minimum atomic E-state index is -0.0868. The van der Waals surface area contributed by atoms with Crippen LogP contribution in [0.15, 0.2) is 0 Å². The van der Waals surface area contributed by atoms with Gasteiger partial charge in [-0.05, 0) is 5.92 Å². The maximum absolute atomic E-state index is 11.5. The van der Waals surface area contributed by atoms with Crippen molar-refractivity contribution in [2.75, 3.05) is 27.2 Å². The molecule has 0 bridgehead atoms. The number of likely N-dealkylation sites (N-methyl/N-ethyl adjacent to an activating group) is 2. The molecule has 0 fully saturated rings. The van der Waals surface area contributed by atoms with E-state index in [0.29, 0.717) is 5.92 Å². The predicted octanol–water partition coefficient (Wildman–Crippen LogP) is 0.579. The number of rotatable bonds is 4. The molecule has 0 spiro atoms. The van der Waals surface area contributed by atoms with Crippen LogP contribution in [0.25, 0.3) is 0 Å². The fourth-order valence-electron chi connectivity index (χ4n) is 1.08. The summed E-state index contributed by atoms with van der Waals surface area (Å²) in [5.41, 5.74) is 0. The average molecular weight is 200 g/mol. The summed E-state index contributed by atoms with van der Waals surface area (Å²) < 4.78 is 0. The molecule has 0 saturated heterocycles. The summed E-state index contributed by atoms with van der Waals surface area (Å²) in [6, 6.07) is 0. The fraction of sp³-hybridized carbons (Fsp3) is 0.800. The highest BCUT2D eigenvalue weighted by Gasteiger charge is 2.13. The molecular weight excluding hydrogens is 180 g/mol. The van der Waals surface area contributed by atoms with Gasteiger partial charge >= 0.3 is 0 Å². The molecule has 0 aliphatic rings. The van der Waals surface area contributed by atoms with Gasteiger partial charge in [0, 0.05) is 27.6 Å².